The van der Waals surface area contributed by atoms with Gasteiger partial charge in [0.1, 0.15) is 12.3 Å². The molecule has 1 saturated heterocycles. The van der Waals surface area contributed by atoms with Crippen molar-refractivity contribution in [3.05, 3.63) is 41.7 Å². The monoisotopic (exact) mass is 396 g/mol. The highest BCUT2D eigenvalue weighted by Crippen LogP contribution is 2.26. The van der Waals surface area contributed by atoms with Crippen molar-refractivity contribution >= 4 is 17.6 Å². The predicted octanol–water partition coefficient (Wildman–Crippen LogP) is 1.21. The molecule has 3 heterocycles. The molecule has 29 heavy (non-hydrogen) atoms. The minimum Gasteiger partial charge on any atom is -0.493 e. The lowest BCUT2D eigenvalue weighted by Crippen LogP contribution is -2.55. The highest BCUT2D eigenvalue weighted by molar-refractivity contribution is 5.98. The van der Waals surface area contributed by atoms with Gasteiger partial charge in [-0.05, 0) is 30.5 Å². The zero-order valence-corrected chi connectivity index (χ0v) is 17.1. The third-order valence-corrected chi connectivity index (χ3v) is 5.27. The first-order valence-electron chi connectivity index (χ1n) is 10.2. The number of benzene rings is 1. The van der Waals surface area contributed by atoms with Crippen LogP contribution in [0.4, 0.5) is 5.69 Å². The molecule has 2 aliphatic rings. The van der Waals surface area contributed by atoms with E-state index in [0.29, 0.717) is 19.6 Å². The first-order chi connectivity index (χ1) is 14.1. The topological polar surface area (TPSA) is 75.0 Å². The van der Waals surface area contributed by atoms with E-state index in [1.165, 1.54) is 11.1 Å². The summed E-state index contributed by atoms with van der Waals surface area (Å²) < 4.78 is 7.29. The van der Waals surface area contributed by atoms with Gasteiger partial charge in [0.05, 0.1) is 18.5 Å². The summed E-state index contributed by atoms with van der Waals surface area (Å²) in [6.45, 7) is 5.95. The van der Waals surface area contributed by atoms with E-state index in [1.54, 1.807) is 15.8 Å². The van der Waals surface area contributed by atoms with E-state index in [-0.39, 0.29) is 5.91 Å². The Morgan fingerprint density at radius 3 is 3.00 bits per heavy atom. The number of hydrogen-bond acceptors (Lipinski definition) is 4. The summed E-state index contributed by atoms with van der Waals surface area (Å²) in [5.74, 6) is 1.88. The third-order valence-electron chi connectivity index (χ3n) is 5.27. The molecule has 2 aliphatic heterocycles. The molecule has 1 amide bonds. The van der Waals surface area contributed by atoms with E-state index in [1.807, 2.05) is 25.1 Å². The number of guanidine groups is 1. The molecule has 1 N–H and O–H groups in total. The van der Waals surface area contributed by atoms with Crippen LogP contribution in [0.1, 0.15) is 18.1 Å². The second-order valence-electron chi connectivity index (χ2n) is 7.37. The molecule has 0 saturated carbocycles. The summed E-state index contributed by atoms with van der Waals surface area (Å²) in [7, 11) is 1.86. The maximum absolute atomic E-state index is 12.7. The number of nitrogens with zero attached hydrogens (tertiary/aromatic N) is 5. The number of fused-ring (bicyclic) bond motifs is 1. The largest absolute Gasteiger partial charge is 0.493 e. The minimum absolute atomic E-state index is 0.0634. The van der Waals surface area contributed by atoms with Crippen LogP contribution in [0, 0.1) is 0 Å². The molecular formula is C21H28N6O2. The molecule has 8 heteroatoms. The Labute approximate surface area is 171 Å². The molecule has 0 unspecified atom stereocenters. The number of piperazine rings is 1. The number of aliphatic imine (C=N–C) groups is 1. The van der Waals surface area contributed by atoms with Gasteiger partial charge in [0.15, 0.2) is 5.96 Å². The molecule has 1 aromatic carbocycles. The van der Waals surface area contributed by atoms with E-state index in [2.05, 4.69) is 28.6 Å². The molecule has 0 radical (unpaired) electrons. The number of ether oxygens (including phenoxy) is 1. The van der Waals surface area contributed by atoms with Gasteiger partial charge in [-0.3, -0.25) is 14.5 Å². The molecule has 1 fully saturated rings. The van der Waals surface area contributed by atoms with Crippen LogP contribution < -0.4 is 15.0 Å². The molecule has 154 valence electrons. The quantitative estimate of drug-likeness (QED) is 0.607. The van der Waals surface area contributed by atoms with Crippen molar-refractivity contribution in [1.82, 2.24) is 20.0 Å². The van der Waals surface area contributed by atoms with Gasteiger partial charge in [0.25, 0.3) is 0 Å². The van der Waals surface area contributed by atoms with Crippen LogP contribution >= 0.6 is 0 Å². The Kier molecular flexibility index (Phi) is 5.69. The number of carbonyl (C=O) groups excluding carboxylic acids is 1. The van der Waals surface area contributed by atoms with Gasteiger partial charge in [-0.15, -0.1) is 0 Å². The number of hydrogen-bond donors (Lipinski definition) is 1. The molecular weight excluding hydrogens is 368 g/mol. The fourth-order valence-corrected chi connectivity index (χ4v) is 3.79. The number of carbonyl (C=O) groups is 1. The molecule has 0 atom stereocenters. The van der Waals surface area contributed by atoms with Crippen molar-refractivity contribution in [3.63, 3.8) is 0 Å². The van der Waals surface area contributed by atoms with Crippen LogP contribution in [-0.2, 0) is 24.7 Å². The Morgan fingerprint density at radius 1 is 1.34 bits per heavy atom. The Hall–Kier alpha value is -3.03. The fourth-order valence-electron chi connectivity index (χ4n) is 3.79. The summed E-state index contributed by atoms with van der Waals surface area (Å²) in [5, 5.41) is 7.49. The highest BCUT2D eigenvalue weighted by atomic mass is 16.5. The zero-order valence-electron chi connectivity index (χ0n) is 17.1. The smallest absolute Gasteiger partial charge is 0.246 e. The average molecular weight is 396 g/mol. The zero-order chi connectivity index (χ0) is 20.2. The number of aryl methyl sites for hydroxylation is 1. The van der Waals surface area contributed by atoms with E-state index >= 15 is 0 Å². The Bertz CT molecular complexity index is 906. The van der Waals surface area contributed by atoms with Crippen LogP contribution in [0.2, 0.25) is 0 Å². The lowest BCUT2D eigenvalue weighted by molar-refractivity contribution is -0.120. The van der Waals surface area contributed by atoms with Crippen LogP contribution in [0.5, 0.6) is 5.75 Å². The number of amides is 1. The molecule has 4 rings (SSSR count). The van der Waals surface area contributed by atoms with E-state index in [4.69, 9.17) is 9.73 Å². The summed E-state index contributed by atoms with van der Waals surface area (Å²) in [6.07, 6.45) is 5.45. The number of nitrogens with one attached hydrogen (secondary N) is 1. The van der Waals surface area contributed by atoms with E-state index in [9.17, 15) is 4.79 Å². The number of anilines is 1. The van der Waals surface area contributed by atoms with Crippen LogP contribution in [0.3, 0.4) is 0 Å². The molecule has 0 aliphatic carbocycles. The van der Waals surface area contributed by atoms with Crippen LogP contribution in [0.25, 0.3) is 0 Å². The minimum atomic E-state index is 0.0634. The normalized spacial score (nSPS) is 16.8. The predicted molar refractivity (Wildman–Crippen MR) is 112 cm³/mol. The summed E-state index contributed by atoms with van der Waals surface area (Å²) in [6, 6.07) is 6.40. The van der Waals surface area contributed by atoms with Gasteiger partial charge >= 0.3 is 0 Å². The molecule has 8 nitrogen and oxygen atoms in total. The van der Waals surface area contributed by atoms with Gasteiger partial charge in [-0.2, -0.15) is 5.10 Å². The maximum Gasteiger partial charge on any atom is 0.246 e. The van der Waals surface area contributed by atoms with Crippen molar-refractivity contribution < 1.29 is 9.53 Å². The lowest BCUT2D eigenvalue weighted by Gasteiger charge is -2.35. The van der Waals surface area contributed by atoms with Crippen molar-refractivity contribution in [2.45, 2.75) is 19.8 Å². The fraction of sp³-hybridized carbons (Fsp3) is 0.476. The molecule has 1 aromatic heterocycles. The van der Waals surface area contributed by atoms with Gasteiger partial charge in [0, 0.05) is 45.8 Å². The highest BCUT2D eigenvalue weighted by Gasteiger charge is 2.27. The maximum atomic E-state index is 12.7. The van der Waals surface area contributed by atoms with Gasteiger partial charge in [0.2, 0.25) is 5.91 Å². The molecule has 2 aromatic rings. The van der Waals surface area contributed by atoms with Crippen molar-refractivity contribution in [1.29, 1.82) is 0 Å². The summed E-state index contributed by atoms with van der Waals surface area (Å²) in [4.78, 5) is 21.3. The van der Waals surface area contributed by atoms with E-state index < -0.39 is 0 Å². The number of aromatic nitrogens is 2. The van der Waals surface area contributed by atoms with Gasteiger partial charge in [-0.25, -0.2) is 0 Å². The third kappa shape index (κ3) is 4.36. The van der Waals surface area contributed by atoms with E-state index in [0.717, 1.165) is 49.9 Å². The van der Waals surface area contributed by atoms with Crippen LogP contribution in [-0.4, -0.2) is 65.9 Å². The van der Waals surface area contributed by atoms with Crippen molar-refractivity contribution in [2.24, 2.45) is 12.0 Å². The van der Waals surface area contributed by atoms with Crippen LogP contribution in [0.15, 0.2) is 35.6 Å². The Morgan fingerprint density at radius 2 is 2.24 bits per heavy atom. The summed E-state index contributed by atoms with van der Waals surface area (Å²) >= 11 is 0. The van der Waals surface area contributed by atoms with Crippen molar-refractivity contribution in [3.8, 4) is 5.75 Å². The lowest BCUT2D eigenvalue weighted by atomic mass is 10.1. The number of rotatable bonds is 5. The van der Waals surface area contributed by atoms with Crippen molar-refractivity contribution in [2.75, 3.05) is 44.2 Å². The molecule has 0 spiro atoms. The second-order valence-corrected chi connectivity index (χ2v) is 7.37. The SMILES string of the molecule is CCNC(=NCCc1ccc2c(c1)CCO2)N1CCN(c2cnn(C)c2)C(=O)C1. The first-order valence-corrected chi connectivity index (χ1v) is 10.2. The standard InChI is InChI=1S/C21H28N6O2/c1-3-22-21(23-8-6-16-4-5-19-17(12-16)7-11-29-19)26-9-10-27(20(28)15-26)18-13-24-25(2)14-18/h4-5,12-14H,3,6-11,15H2,1-2H3,(H,22,23). The second kappa shape index (κ2) is 8.55. The summed E-state index contributed by atoms with van der Waals surface area (Å²) in [5.41, 5.74) is 3.40. The molecule has 0 bridgehead atoms. The average Bonchev–Trinajstić information content (AvgIpc) is 3.35. The Balaban J connectivity index is 1.37. The van der Waals surface area contributed by atoms with Gasteiger partial charge in [-0.1, -0.05) is 12.1 Å². The van der Waals surface area contributed by atoms with Gasteiger partial charge < -0.3 is 19.9 Å². The first kappa shape index (κ1) is 19.3.